The van der Waals surface area contributed by atoms with Gasteiger partial charge in [0.15, 0.2) is 0 Å². The van der Waals surface area contributed by atoms with Crippen LogP contribution in [-0.2, 0) is 0 Å². The molecule has 0 aliphatic carbocycles. The van der Waals surface area contributed by atoms with Gasteiger partial charge in [-0.2, -0.15) is 0 Å². The third-order valence-electron chi connectivity index (χ3n) is 2.19. The SMILES string of the molecule is Cc1nnc(-c2cccc(C(C)N)c2)s1. The molecule has 0 bridgehead atoms. The highest BCUT2D eigenvalue weighted by molar-refractivity contribution is 7.14. The standard InChI is InChI=1S/C11H13N3S/c1-7(12)9-4-3-5-10(6-9)11-14-13-8(2)15-11/h3-7H,12H2,1-2H3. The van der Waals surface area contributed by atoms with Gasteiger partial charge in [-0.15, -0.1) is 10.2 Å². The van der Waals surface area contributed by atoms with Gasteiger partial charge < -0.3 is 5.73 Å². The van der Waals surface area contributed by atoms with Crippen molar-refractivity contribution in [3.63, 3.8) is 0 Å². The topological polar surface area (TPSA) is 51.8 Å². The fourth-order valence-corrected chi connectivity index (χ4v) is 2.06. The van der Waals surface area contributed by atoms with E-state index in [1.165, 1.54) is 0 Å². The van der Waals surface area contributed by atoms with Crippen LogP contribution in [0.3, 0.4) is 0 Å². The predicted molar refractivity (Wildman–Crippen MR) is 62.7 cm³/mol. The Balaban J connectivity index is 2.41. The number of rotatable bonds is 2. The molecule has 78 valence electrons. The van der Waals surface area contributed by atoms with Crippen LogP contribution in [-0.4, -0.2) is 10.2 Å². The van der Waals surface area contributed by atoms with Crippen LogP contribution in [0.5, 0.6) is 0 Å². The van der Waals surface area contributed by atoms with E-state index in [2.05, 4.69) is 16.3 Å². The third kappa shape index (κ3) is 2.22. The van der Waals surface area contributed by atoms with Crippen LogP contribution >= 0.6 is 11.3 Å². The number of nitrogens with zero attached hydrogens (tertiary/aromatic N) is 2. The van der Waals surface area contributed by atoms with Crippen LogP contribution in [0.4, 0.5) is 0 Å². The molecule has 0 spiro atoms. The maximum Gasteiger partial charge on any atom is 0.147 e. The smallest absolute Gasteiger partial charge is 0.147 e. The van der Waals surface area contributed by atoms with Gasteiger partial charge in [0, 0.05) is 11.6 Å². The Kier molecular flexibility index (Phi) is 2.79. The van der Waals surface area contributed by atoms with E-state index < -0.39 is 0 Å². The molecule has 1 atom stereocenters. The molecule has 1 unspecified atom stereocenters. The van der Waals surface area contributed by atoms with Crippen molar-refractivity contribution in [1.82, 2.24) is 10.2 Å². The second-order valence-corrected chi connectivity index (χ2v) is 4.72. The Bertz CT molecular complexity index is 462. The van der Waals surface area contributed by atoms with Crippen LogP contribution in [0.2, 0.25) is 0 Å². The van der Waals surface area contributed by atoms with Crippen molar-refractivity contribution in [2.24, 2.45) is 5.73 Å². The van der Waals surface area contributed by atoms with E-state index >= 15 is 0 Å². The van der Waals surface area contributed by atoms with Crippen molar-refractivity contribution in [3.8, 4) is 10.6 Å². The van der Waals surface area contributed by atoms with Crippen molar-refractivity contribution in [3.05, 3.63) is 34.8 Å². The van der Waals surface area contributed by atoms with Gasteiger partial charge in [0.05, 0.1) is 0 Å². The van der Waals surface area contributed by atoms with Gasteiger partial charge in [-0.1, -0.05) is 29.5 Å². The first-order valence-electron chi connectivity index (χ1n) is 4.83. The maximum atomic E-state index is 5.83. The molecule has 0 saturated carbocycles. The zero-order valence-electron chi connectivity index (χ0n) is 8.77. The highest BCUT2D eigenvalue weighted by atomic mass is 32.1. The summed E-state index contributed by atoms with van der Waals surface area (Å²) in [5, 5.41) is 10.1. The molecule has 0 radical (unpaired) electrons. The Labute approximate surface area is 93.0 Å². The van der Waals surface area contributed by atoms with E-state index in [-0.39, 0.29) is 6.04 Å². The normalized spacial score (nSPS) is 12.7. The number of aryl methyl sites for hydroxylation is 1. The summed E-state index contributed by atoms with van der Waals surface area (Å²) >= 11 is 1.60. The van der Waals surface area contributed by atoms with Gasteiger partial charge in [-0.25, -0.2) is 0 Å². The number of benzene rings is 1. The average Bonchev–Trinajstić information content (AvgIpc) is 2.65. The minimum absolute atomic E-state index is 0.0546. The van der Waals surface area contributed by atoms with Crippen molar-refractivity contribution in [1.29, 1.82) is 0 Å². The molecule has 1 aromatic carbocycles. The molecule has 2 aromatic rings. The van der Waals surface area contributed by atoms with Crippen molar-refractivity contribution < 1.29 is 0 Å². The Hall–Kier alpha value is -1.26. The van der Waals surface area contributed by atoms with Crippen LogP contribution in [0, 0.1) is 6.92 Å². The quantitative estimate of drug-likeness (QED) is 0.844. The summed E-state index contributed by atoms with van der Waals surface area (Å²) in [6.07, 6.45) is 0. The fourth-order valence-electron chi connectivity index (χ4n) is 1.37. The molecule has 0 aliphatic heterocycles. The lowest BCUT2D eigenvalue weighted by atomic mass is 10.1. The number of hydrogen-bond acceptors (Lipinski definition) is 4. The predicted octanol–water partition coefficient (Wildman–Crippen LogP) is 2.53. The van der Waals surface area contributed by atoms with Gasteiger partial charge in [0.2, 0.25) is 0 Å². The molecule has 0 fully saturated rings. The molecular formula is C11H13N3S. The lowest BCUT2D eigenvalue weighted by Gasteiger charge is -2.05. The van der Waals surface area contributed by atoms with E-state index in [1.54, 1.807) is 11.3 Å². The summed E-state index contributed by atoms with van der Waals surface area (Å²) in [5.74, 6) is 0. The zero-order valence-corrected chi connectivity index (χ0v) is 9.58. The van der Waals surface area contributed by atoms with Gasteiger partial charge in [-0.3, -0.25) is 0 Å². The highest BCUT2D eigenvalue weighted by Crippen LogP contribution is 2.25. The van der Waals surface area contributed by atoms with Gasteiger partial charge in [0.25, 0.3) is 0 Å². The molecule has 1 aromatic heterocycles. The molecular weight excluding hydrogens is 206 g/mol. The van der Waals surface area contributed by atoms with Gasteiger partial charge >= 0.3 is 0 Å². The lowest BCUT2D eigenvalue weighted by molar-refractivity contribution is 0.818. The summed E-state index contributed by atoms with van der Waals surface area (Å²) in [4.78, 5) is 0. The maximum absolute atomic E-state index is 5.83. The first-order chi connectivity index (χ1) is 7.16. The van der Waals surface area contributed by atoms with E-state index in [0.717, 1.165) is 21.1 Å². The van der Waals surface area contributed by atoms with E-state index in [4.69, 9.17) is 5.73 Å². The van der Waals surface area contributed by atoms with Gasteiger partial charge in [0.1, 0.15) is 10.0 Å². The fraction of sp³-hybridized carbons (Fsp3) is 0.273. The van der Waals surface area contributed by atoms with E-state index in [9.17, 15) is 0 Å². The number of hydrogen-bond donors (Lipinski definition) is 1. The molecule has 0 saturated heterocycles. The van der Waals surface area contributed by atoms with Gasteiger partial charge in [-0.05, 0) is 25.5 Å². The molecule has 4 heteroatoms. The lowest BCUT2D eigenvalue weighted by Crippen LogP contribution is -2.04. The molecule has 2 N–H and O–H groups in total. The molecule has 3 nitrogen and oxygen atoms in total. The van der Waals surface area contributed by atoms with Crippen LogP contribution in [0.15, 0.2) is 24.3 Å². The summed E-state index contributed by atoms with van der Waals surface area (Å²) < 4.78 is 0. The molecule has 1 heterocycles. The second kappa shape index (κ2) is 4.08. The third-order valence-corrected chi connectivity index (χ3v) is 3.07. The monoisotopic (exact) mass is 219 g/mol. The van der Waals surface area contributed by atoms with E-state index in [0.29, 0.717) is 0 Å². The van der Waals surface area contributed by atoms with Crippen LogP contribution in [0.25, 0.3) is 10.6 Å². The Morgan fingerprint density at radius 3 is 2.73 bits per heavy atom. The largest absolute Gasteiger partial charge is 0.324 e. The first kappa shape index (κ1) is 10.3. The van der Waals surface area contributed by atoms with Crippen molar-refractivity contribution in [2.75, 3.05) is 0 Å². The number of aromatic nitrogens is 2. The van der Waals surface area contributed by atoms with E-state index in [1.807, 2.05) is 32.0 Å². The minimum atomic E-state index is 0.0546. The summed E-state index contributed by atoms with van der Waals surface area (Å²) in [7, 11) is 0. The molecule has 15 heavy (non-hydrogen) atoms. The summed E-state index contributed by atoms with van der Waals surface area (Å²) in [6, 6.07) is 8.20. The Morgan fingerprint density at radius 1 is 1.33 bits per heavy atom. The average molecular weight is 219 g/mol. The van der Waals surface area contributed by atoms with Crippen molar-refractivity contribution >= 4 is 11.3 Å². The first-order valence-corrected chi connectivity index (χ1v) is 5.64. The molecule has 2 rings (SSSR count). The van der Waals surface area contributed by atoms with Crippen LogP contribution < -0.4 is 5.73 Å². The van der Waals surface area contributed by atoms with Crippen molar-refractivity contribution in [2.45, 2.75) is 19.9 Å². The highest BCUT2D eigenvalue weighted by Gasteiger charge is 2.06. The number of nitrogens with two attached hydrogens (primary N) is 1. The zero-order chi connectivity index (χ0) is 10.8. The summed E-state index contributed by atoms with van der Waals surface area (Å²) in [6.45, 7) is 3.93. The summed E-state index contributed by atoms with van der Waals surface area (Å²) in [5.41, 5.74) is 8.05. The molecule has 0 aliphatic rings. The second-order valence-electron chi connectivity index (χ2n) is 3.54. The minimum Gasteiger partial charge on any atom is -0.324 e. The molecule has 0 amide bonds. The van der Waals surface area contributed by atoms with Crippen LogP contribution in [0.1, 0.15) is 23.5 Å². The Morgan fingerprint density at radius 2 is 2.13 bits per heavy atom.